The highest BCUT2D eigenvalue weighted by atomic mass is 16.4. The van der Waals surface area contributed by atoms with Gasteiger partial charge < -0.3 is 15.8 Å². The molecule has 0 aromatic carbocycles. The second-order valence-corrected chi connectivity index (χ2v) is 3.41. The number of nitrogens with one attached hydrogen (secondary N) is 1. The molecule has 3 heterocycles. The summed E-state index contributed by atoms with van der Waals surface area (Å²) in [5.74, 6) is -0.509. The second kappa shape index (κ2) is 5.54. The average Bonchev–Trinajstić information content (AvgIpc) is 2.90. The van der Waals surface area contributed by atoms with Crippen molar-refractivity contribution in [3.8, 4) is 0 Å². The van der Waals surface area contributed by atoms with Crippen LogP contribution in [0, 0.1) is 0 Å². The van der Waals surface area contributed by atoms with E-state index in [0.29, 0.717) is 17.0 Å². The lowest BCUT2D eigenvalue weighted by atomic mass is 10.3. The Morgan fingerprint density at radius 1 is 1.32 bits per heavy atom. The number of hydrogen-bond acceptors (Lipinski definition) is 6. The summed E-state index contributed by atoms with van der Waals surface area (Å²) in [6.07, 6.45) is 5.77. The smallest absolute Gasteiger partial charge is 0.337 e. The molecule has 0 radical (unpaired) electrons. The molecule has 0 amide bonds. The van der Waals surface area contributed by atoms with Crippen LogP contribution < -0.4 is 5.73 Å². The Kier molecular flexibility index (Phi) is 3.62. The fourth-order valence-corrected chi connectivity index (χ4v) is 1.27. The van der Waals surface area contributed by atoms with E-state index in [9.17, 15) is 4.79 Å². The lowest BCUT2D eigenvalue weighted by molar-refractivity contribution is 0.0696. The van der Waals surface area contributed by atoms with Gasteiger partial charge in [-0.05, 0) is 12.1 Å². The van der Waals surface area contributed by atoms with Crippen molar-refractivity contribution in [2.45, 2.75) is 0 Å². The van der Waals surface area contributed by atoms with Gasteiger partial charge in [0.2, 0.25) is 0 Å². The molecular formula is C11H10N6O2. The summed E-state index contributed by atoms with van der Waals surface area (Å²) in [6, 6.07) is 3.08. The van der Waals surface area contributed by atoms with E-state index in [-0.39, 0.29) is 5.56 Å². The first-order valence-electron chi connectivity index (χ1n) is 5.21. The van der Waals surface area contributed by atoms with E-state index in [0.717, 1.165) is 0 Å². The highest BCUT2D eigenvalue weighted by molar-refractivity contribution is 5.86. The molecule has 0 aliphatic rings. The van der Waals surface area contributed by atoms with E-state index in [1.54, 1.807) is 6.07 Å². The van der Waals surface area contributed by atoms with Crippen molar-refractivity contribution < 1.29 is 9.90 Å². The Labute approximate surface area is 107 Å². The monoisotopic (exact) mass is 258 g/mol. The van der Waals surface area contributed by atoms with Crippen LogP contribution in [0.2, 0.25) is 0 Å². The average molecular weight is 258 g/mol. The summed E-state index contributed by atoms with van der Waals surface area (Å²) in [6.45, 7) is 0. The maximum Gasteiger partial charge on any atom is 0.337 e. The molecule has 3 aromatic rings. The van der Waals surface area contributed by atoms with Crippen LogP contribution in [0.15, 0.2) is 37.2 Å². The molecule has 96 valence electrons. The third-order valence-electron chi connectivity index (χ3n) is 2.16. The van der Waals surface area contributed by atoms with Crippen LogP contribution in [0.1, 0.15) is 10.4 Å². The molecule has 3 aromatic heterocycles. The lowest BCUT2D eigenvalue weighted by Crippen LogP contribution is -1.94. The summed E-state index contributed by atoms with van der Waals surface area (Å²) >= 11 is 0. The second-order valence-electron chi connectivity index (χ2n) is 3.41. The van der Waals surface area contributed by atoms with Crippen molar-refractivity contribution in [1.29, 1.82) is 0 Å². The summed E-state index contributed by atoms with van der Waals surface area (Å²) in [5.41, 5.74) is 7.00. The minimum atomic E-state index is -0.942. The molecule has 0 saturated heterocycles. The fourth-order valence-electron chi connectivity index (χ4n) is 1.27. The number of H-pyrrole nitrogens is 1. The number of aromatic amines is 1. The molecule has 0 saturated carbocycles. The number of rotatable bonds is 1. The van der Waals surface area contributed by atoms with E-state index in [2.05, 4.69) is 24.9 Å². The number of nitrogens with two attached hydrogens (primary N) is 1. The number of imidazole rings is 1. The van der Waals surface area contributed by atoms with Crippen molar-refractivity contribution in [1.82, 2.24) is 24.9 Å². The summed E-state index contributed by atoms with van der Waals surface area (Å²) < 4.78 is 0. The van der Waals surface area contributed by atoms with E-state index in [1.807, 2.05) is 0 Å². The molecular weight excluding hydrogens is 248 g/mol. The Hall–Kier alpha value is -3.03. The van der Waals surface area contributed by atoms with Gasteiger partial charge in [0, 0.05) is 12.4 Å². The number of aromatic carboxylic acids is 1. The van der Waals surface area contributed by atoms with Gasteiger partial charge >= 0.3 is 5.97 Å². The van der Waals surface area contributed by atoms with E-state index in [4.69, 9.17) is 10.8 Å². The van der Waals surface area contributed by atoms with Crippen LogP contribution in [0.25, 0.3) is 11.2 Å². The van der Waals surface area contributed by atoms with Gasteiger partial charge in [-0.15, -0.1) is 0 Å². The Morgan fingerprint density at radius 2 is 2.16 bits per heavy atom. The maximum absolute atomic E-state index is 10.2. The molecule has 19 heavy (non-hydrogen) atoms. The zero-order valence-electron chi connectivity index (χ0n) is 9.69. The lowest BCUT2D eigenvalue weighted by Gasteiger charge is -1.89. The van der Waals surface area contributed by atoms with Crippen molar-refractivity contribution in [3.63, 3.8) is 0 Å². The first-order chi connectivity index (χ1) is 9.18. The molecule has 0 bridgehead atoms. The van der Waals surface area contributed by atoms with Crippen molar-refractivity contribution >= 4 is 23.0 Å². The third kappa shape index (κ3) is 3.00. The molecule has 0 aliphatic heterocycles. The van der Waals surface area contributed by atoms with Gasteiger partial charge in [-0.25, -0.2) is 19.7 Å². The number of anilines is 1. The van der Waals surface area contributed by atoms with Gasteiger partial charge in [-0.1, -0.05) is 0 Å². The number of nitrogen functional groups attached to an aromatic ring is 1. The molecule has 0 spiro atoms. The van der Waals surface area contributed by atoms with Gasteiger partial charge in [0.05, 0.1) is 11.9 Å². The predicted molar refractivity (Wildman–Crippen MR) is 67.3 cm³/mol. The van der Waals surface area contributed by atoms with Crippen LogP contribution in [0.4, 0.5) is 5.82 Å². The zero-order valence-corrected chi connectivity index (χ0v) is 9.69. The number of nitrogens with zero attached hydrogens (tertiary/aromatic N) is 4. The first kappa shape index (κ1) is 12.4. The highest BCUT2D eigenvalue weighted by Gasteiger charge is 1.99. The van der Waals surface area contributed by atoms with Gasteiger partial charge in [-0.2, -0.15) is 0 Å². The fraction of sp³-hybridized carbons (Fsp3) is 0. The predicted octanol–water partition coefficient (Wildman–Crippen LogP) is 0.715. The van der Waals surface area contributed by atoms with Crippen LogP contribution in [0.3, 0.4) is 0 Å². The number of carbonyl (C=O) groups is 1. The highest BCUT2D eigenvalue weighted by Crippen LogP contribution is 2.09. The van der Waals surface area contributed by atoms with Crippen molar-refractivity contribution in [2.75, 3.05) is 5.73 Å². The van der Waals surface area contributed by atoms with Crippen LogP contribution in [-0.2, 0) is 0 Å². The Bertz CT molecular complexity index is 682. The first-order valence-corrected chi connectivity index (χ1v) is 5.21. The molecule has 0 unspecified atom stereocenters. The SMILES string of the molecule is Nc1ncnc2nc[nH]c12.O=C(O)c1cccnc1. The van der Waals surface area contributed by atoms with E-state index >= 15 is 0 Å². The van der Waals surface area contributed by atoms with Crippen LogP contribution in [0.5, 0.6) is 0 Å². The molecule has 0 fully saturated rings. The maximum atomic E-state index is 10.2. The standard InChI is InChI=1S/C6H5NO2.C5H5N5/c8-6(9)5-2-1-3-7-4-5;6-4-3-5(9-1-7-3)10-2-8-4/h1-4H,(H,8,9);1-2H,(H3,6,7,8,9,10). The van der Waals surface area contributed by atoms with Crippen molar-refractivity contribution in [3.05, 3.63) is 42.7 Å². The summed E-state index contributed by atoms with van der Waals surface area (Å²) in [5, 5.41) is 8.34. The van der Waals surface area contributed by atoms with Gasteiger partial charge in [0.15, 0.2) is 11.5 Å². The number of aromatic nitrogens is 5. The molecule has 3 rings (SSSR count). The largest absolute Gasteiger partial charge is 0.478 e. The topological polar surface area (TPSA) is 131 Å². The normalized spacial score (nSPS) is 9.68. The third-order valence-corrected chi connectivity index (χ3v) is 2.16. The molecule has 4 N–H and O–H groups in total. The minimum absolute atomic E-state index is 0.220. The number of fused-ring (bicyclic) bond motifs is 1. The molecule has 8 nitrogen and oxygen atoms in total. The molecule has 8 heteroatoms. The van der Waals surface area contributed by atoms with Crippen LogP contribution in [-0.4, -0.2) is 36.0 Å². The van der Waals surface area contributed by atoms with Crippen molar-refractivity contribution in [2.24, 2.45) is 0 Å². The number of carboxylic acids is 1. The van der Waals surface area contributed by atoms with E-state index in [1.165, 1.54) is 31.1 Å². The minimum Gasteiger partial charge on any atom is -0.478 e. The Morgan fingerprint density at radius 3 is 2.74 bits per heavy atom. The number of pyridine rings is 1. The Balaban J connectivity index is 0.000000141. The van der Waals surface area contributed by atoms with Gasteiger partial charge in [0.25, 0.3) is 0 Å². The van der Waals surface area contributed by atoms with Gasteiger partial charge in [0.1, 0.15) is 11.8 Å². The zero-order chi connectivity index (χ0) is 13.7. The number of hydrogen-bond donors (Lipinski definition) is 3. The molecule has 0 atom stereocenters. The number of carboxylic acid groups (broad SMARTS) is 1. The van der Waals surface area contributed by atoms with Gasteiger partial charge in [-0.3, -0.25) is 4.98 Å². The summed E-state index contributed by atoms with van der Waals surface area (Å²) in [7, 11) is 0. The molecule has 0 aliphatic carbocycles. The quantitative estimate of drug-likeness (QED) is 0.585. The van der Waals surface area contributed by atoms with E-state index < -0.39 is 5.97 Å². The van der Waals surface area contributed by atoms with Crippen LogP contribution >= 0.6 is 0 Å². The summed E-state index contributed by atoms with van der Waals surface area (Å²) in [4.78, 5) is 28.1.